The zero-order valence-corrected chi connectivity index (χ0v) is 22.3. The fourth-order valence-electron chi connectivity index (χ4n) is 4.53. The molecule has 0 bridgehead atoms. The molecule has 5 nitrogen and oxygen atoms in total. The van der Waals surface area contributed by atoms with E-state index in [2.05, 4.69) is 16.8 Å². The maximum Gasteiger partial charge on any atom is 0.268 e. The molecule has 0 unspecified atom stereocenters. The largest absolute Gasteiger partial charge is 0.418 e. The topological polar surface area (TPSA) is 56.7 Å². The first-order chi connectivity index (χ1) is 17.9. The third-order valence-corrected chi connectivity index (χ3v) is 7.61. The smallest absolute Gasteiger partial charge is 0.268 e. The van der Waals surface area contributed by atoms with Crippen LogP contribution < -0.4 is 0 Å². The van der Waals surface area contributed by atoms with Crippen LogP contribution in [-0.4, -0.2) is 20.0 Å². The van der Waals surface area contributed by atoms with Crippen molar-refractivity contribution in [3.05, 3.63) is 110 Å². The van der Waals surface area contributed by atoms with E-state index in [1.165, 1.54) is 0 Å². The molecule has 0 amide bonds. The van der Waals surface area contributed by atoms with Crippen LogP contribution in [0.1, 0.15) is 29.9 Å². The molecule has 0 saturated heterocycles. The van der Waals surface area contributed by atoms with E-state index in [1.54, 1.807) is 22.9 Å². The number of nitrogens with zero attached hydrogens (tertiary/aromatic N) is 4. The van der Waals surface area contributed by atoms with Crippen molar-refractivity contribution in [3.63, 3.8) is 0 Å². The molecular formula is C28H18Cl4N4O. The predicted molar refractivity (Wildman–Crippen MR) is 149 cm³/mol. The molecule has 1 aliphatic rings. The molecule has 184 valence electrons. The first-order valence-electron chi connectivity index (χ1n) is 11.5. The minimum atomic E-state index is -0.314. The lowest BCUT2D eigenvalue weighted by Crippen LogP contribution is -2.08. The zero-order valence-electron chi connectivity index (χ0n) is 19.3. The van der Waals surface area contributed by atoms with Crippen LogP contribution in [0.2, 0.25) is 20.1 Å². The van der Waals surface area contributed by atoms with E-state index in [-0.39, 0.29) is 5.41 Å². The van der Waals surface area contributed by atoms with Crippen molar-refractivity contribution in [1.82, 2.24) is 20.0 Å². The Morgan fingerprint density at radius 2 is 1.49 bits per heavy atom. The van der Waals surface area contributed by atoms with Gasteiger partial charge in [0.1, 0.15) is 0 Å². The lowest BCUT2D eigenvalue weighted by molar-refractivity contribution is 0.470. The van der Waals surface area contributed by atoms with Gasteiger partial charge in [0.05, 0.1) is 21.8 Å². The molecule has 2 aromatic heterocycles. The summed E-state index contributed by atoms with van der Waals surface area (Å²) in [5.41, 5.74) is 4.26. The highest BCUT2D eigenvalue weighted by molar-refractivity contribution is 6.35. The molecule has 1 aliphatic carbocycles. The molecule has 0 N–H and O–H groups in total. The lowest BCUT2D eigenvalue weighted by Gasteiger charge is -2.11. The number of aromatic nitrogens is 4. The summed E-state index contributed by atoms with van der Waals surface area (Å²) in [5.74, 6) is 0.844. The third-order valence-electron chi connectivity index (χ3n) is 6.57. The summed E-state index contributed by atoms with van der Waals surface area (Å²) in [4.78, 5) is 0. The van der Waals surface area contributed by atoms with Gasteiger partial charge >= 0.3 is 0 Å². The first-order valence-corrected chi connectivity index (χ1v) is 13.0. The van der Waals surface area contributed by atoms with E-state index >= 15 is 0 Å². The second kappa shape index (κ2) is 9.34. The molecular weight excluding hydrogens is 550 g/mol. The van der Waals surface area contributed by atoms with Crippen LogP contribution in [0.4, 0.5) is 0 Å². The van der Waals surface area contributed by atoms with Crippen molar-refractivity contribution >= 4 is 52.5 Å². The van der Waals surface area contributed by atoms with Gasteiger partial charge in [-0.1, -0.05) is 83.3 Å². The Morgan fingerprint density at radius 3 is 2.11 bits per heavy atom. The van der Waals surface area contributed by atoms with Crippen LogP contribution in [0.5, 0.6) is 0 Å². The highest BCUT2D eigenvalue weighted by Gasteiger charge is 2.51. The van der Waals surface area contributed by atoms with Crippen LogP contribution in [-0.2, 0) is 5.41 Å². The molecule has 37 heavy (non-hydrogen) atoms. The van der Waals surface area contributed by atoms with Crippen molar-refractivity contribution in [1.29, 1.82) is 0 Å². The number of hydrogen-bond donors (Lipinski definition) is 0. The van der Waals surface area contributed by atoms with Gasteiger partial charge in [0, 0.05) is 26.2 Å². The number of benzene rings is 3. The monoisotopic (exact) mass is 566 g/mol. The van der Waals surface area contributed by atoms with Gasteiger partial charge in [0.15, 0.2) is 5.69 Å². The third kappa shape index (κ3) is 4.26. The highest BCUT2D eigenvalue weighted by Crippen LogP contribution is 2.53. The highest BCUT2D eigenvalue weighted by atomic mass is 35.5. The second-order valence-electron chi connectivity index (χ2n) is 8.83. The molecule has 9 heteroatoms. The van der Waals surface area contributed by atoms with E-state index in [0.29, 0.717) is 43.3 Å². The van der Waals surface area contributed by atoms with Gasteiger partial charge in [-0.25, -0.2) is 4.68 Å². The number of rotatable bonds is 6. The molecule has 5 aromatic rings. The average molecular weight is 568 g/mol. The molecule has 6 rings (SSSR count). The van der Waals surface area contributed by atoms with Gasteiger partial charge in [-0.05, 0) is 60.9 Å². The standard InChI is InChI=1S/C28H18Cl4N4O/c1-2-21-24(26-33-34-27(37-26)28(13-14-28)17-5-9-19(30)10-6-17)35-36(23-12-11-20(31)15-22(23)32)25(21)16-3-7-18(29)8-4-16/h2-12,15H,1,13-14H2. The average Bonchev–Trinajstić information content (AvgIpc) is 3.38. The van der Waals surface area contributed by atoms with Crippen LogP contribution in [0.15, 0.2) is 77.7 Å². The van der Waals surface area contributed by atoms with Crippen molar-refractivity contribution < 1.29 is 4.42 Å². The Hall–Kier alpha value is -3.09. The van der Waals surface area contributed by atoms with Gasteiger partial charge in [-0.2, -0.15) is 5.10 Å². The molecule has 2 heterocycles. The van der Waals surface area contributed by atoms with Crippen molar-refractivity contribution in [2.75, 3.05) is 0 Å². The minimum Gasteiger partial charge on any atom is -0.418 e. The van der Waals surface area contributed by atoms with E-state index in [1.807, 2.05) is 54.6 Å². The zero-order chi connectivity index (χ0) is 25.7. The Labute approximate surface area is 233 Å². The van der Waals surface area contributed by atoms with Crippen LogP contribution in [0.3, 0.4) is 0 Å². The van der Waals surface area contributed by atoms with Crippen molar-refractivity contribution in [3.8, 4) is 28.5 Å². The Bertz CT molecular complexity index is 1630. The number of hydrogen-bond acceptors (Lipinski definition) is 4. The summed E-state index contributed by atoms with van der Waals surface area (Å²) >= 11 is 25.0. The summed E-state index contributed by atoms with van der Waals surface area (Å²) in [6.07, 6.45) is 3.55. The summed E-state index contributed by atoms with van der Waals surface area (Å²) in [5, 5.41) is 16.0. The van der Waals surface area contributed by atoms with Gasteiger partial charge < -0.3 is 4.42 Å². The molecule has 0 spiro atoms. The minimum absolute atomic E-state index is 0.296. The van der Waals surface area contributed by atoms with Gasteiger partial charge in [0.2, 0.25) is 5.89 Å². The fourth-order valence-corrected chi connectivity index (χ4v) is 5.27. The Morgan fingerprint density at radius 1 is 0.838 bits per heavy atom. The van der Waals surface area contributed by atoms with E-state index < -0.39 is 0 Å². The van der Waals surface area contributed by atoms with Crippen molar-refractivity contribution in [2.45, 2.75) is 18.3 Å². The maximum absolute atomic E-state index is 6.60. The molecule has 0 radical (unpaired) electrons. The summed E-state index contributed by atoms with van der Waals surface area (Å²) in [6.45, 7) is 4.05. The molecule has 3 aromatic carbocycles. The normalized spacial score (nSPS) is 14.1. The van der Waals surface area contributed by atoms with E-state index in [0.717, 1.165) is 35.2 Å². The predicted octanol–water partition coefficient (Wildman–Crippen LogP) is 8.93. The van der Waals surface area contributed by atoms with Gasteiger partial charge in [0.25, 0.3) is 5.89 Å². The SMILES string of the molecule is C=Cc1c(-c2nnc(C3(c4ccc(Cl)cc4)CC3)o2)nn(-c2ccc(Cl)cc2Cl)c1-c1ccc(Cl)cc1. The second-order valence-corrected chi connectivity index (χ2v) is 10.5. The number of halogens is 4. The summed E-state index contributed by atoms with van der Waals surface area (Å²) < 4.78 is 8.02. The fraction of sp³-hybridized carbons (Fsp3) is 0.107. The maximum atomic E-state index is 6.60. The molecule has 1 fully saturated rings. The quantitative estimate of drug-likeness (QED) is 0.205. The molecule has 0 aliphatic heterocycles. The van der Waals surface area contributed by atoms with Gasteiger partial charge in [-0.3, -0.25) is 0 Å². The van der Waals surface area contributed by atoms with Crippen LogP contribution in [0, 0.1) is 0 Å². The lowest BCUT2D eigenvalue weighted by atomic mass is 9.96. The van der Waals surface area contributed by atoms with Crippen LogP contribution >= 0.6 is 46.4 Å². The summed E-state index contributed by atoms with van der Waals surface area (Å²) in [6, 6.07) is 20.5. The van der Waals surface area contributed by atoms with Gasteiger partial charge in [-0.15, -0.1) is 10.2 Å². The van der Waals surface area contributed by atoms with Crippen LogP contribution in [0.25, 0.3) is 34.6 Å². The van der Waals surface area contributed by atoms with E-state index in [9.17, 15) is 0 Å². The Balaban J connectivity index is 1.51. The Kier molecular flexibility index (Phi) is 6.12. The summed E-state index contributed by atoms with van der Waals surface area (Å²) in [7, 11) is 0. The van der Waals surface area contributed by atoms with E-state index in [4.69, 9.17) is 55.9 Å². The molecule has 1 saturated carbocycles. The first kappa shape index (κ1) is 24.3. The molecule has 0 atom stereocenters. The van der Waals surface area contributed by atoms with Crippen molar-refractivity contribution in [2.24, 2.45) is 0 Å².